The van der Waals surface area contributed by atoms with Gasteiger partial charge in [0, 0.05) is 19.3 Å². The molecule has 0 heterocycles. The lowest BCUT2D eigenvalue weighted by molar-refractivity contribution is -0.167. The third-order valence-corrected chi connectivity index (χ3v) is 15.0. The molecule has 0 aliphatic heterocycles. The van der Waals surface area contributed by atoms with E-state index in [2.05, 4.69) is 93.7 Å². The quantitative estimate of drug-likeness (QED) is 0.0261. The van der Waals surface area contributed by atoms with Crippen LogP contribution in [0.5, 0.6) is 0 Å². The van der Waals surface area contributed by atoms with Gasteiger partial charge < -0.3 is 14.2 Å². The highest BCUT2D eigenvalue weighted by molar-refractivity contribution is 5.71. The van der Waals surface area contributed by atoms with Gasteiger partial charge in [-0.1, -0.05) is 331 Å². The summed E-state index contributed by atoms with van der Waals surface area (Å²) in [6.45, 7) is 6.57. The normalized spacial score (nSPS) is 12.5. The summed E-state index contributed by atoms with van der Waals surface area (Å²) in [7, 11) is 0. The first kappa shape index (κ1) is 74.8. The number of esters is 3. The molecule has 0 saturated carbocycles. The van der Waals surface area contributed by atoms with Gasteiger partial charge in [-0.25, -0.2) is 0 Å². The molecule has 0 aromatic heterocycles. The number of unbranched alkanes of at least 4 members (excludes halogenated alkanes) is 39. The van der Waals surface area contributed by atoms with Crippen molar-refractivity contribution in [1.82, 2.24) is 0 Å². The minimum Gasteiger partial charge on any atom is -0.462 e. The fourth-order valence-corrected chi connectivity index (χ4v) is 9.92. The van der Waals surface area contributed by atoms with E-state index in [1.54, 1.807) is 0 Å². The predicted molar refractivity (Wildman–Crippen MR) is 339 cm³/mol. The zero-order valence-corrected chi connectivity index (χ0v) is 51.9. The van der Waals surface area contributed by atoms with Crippen LogP contribution >= 0.6 is 0 Å². The van der Waals surface area contributed by atoms with Crippen LogP contribution in [-0.4, -0.2) is 37.2 Å². The van der Waals surface area contributed by atoms with Crippen LogP contribution in [0.2, 0.25) is 0 Å². The van der Waals surface area contributed by atoms with E-state index < -0.39 is 6.10 Å². The van der Waals surface area contributed by atoms with Gasteiger partial charge in [-0.15, -0.1) is 0 Å². The Balaban J connectivity index is 4.38. The van der Waals surface area contributed by atoms with E-state index in [1.807, 2.05) is 0 Å². The fraction of sp³-hybridized carbons (Fsp3) is 0.792. The first-order valence-electron chi connectivity index (χ1n) is 33.9. The SMILES string of the molecule is CC/C=C\C/C=C\C/C=C\C/C=C\C/C=C\C/C=C\CCCCCCC(=O)OCC(COC(=O)CCCCCCCCCCCCCCCCCC)OC(=O)CCCCCCCCCCCCCCCCCCCCCCC. The molecule has 78 heavy (non-hydrogen) atoms. The summed E-state index contributed by atoms with van der Waals surface area (Å²) in [5, 5.41) is 0. The summed E-state index contributed by atoms with van der Waals surface area (Å²) in [5.74, 6) is -0.882. The van der Waals surface area contributed by atoms with Crippen molar-refractivity contribution >= 4 is 17.9 Å². The Morgan fingerprint density at radius 1 is 0.269 bits per heavy atom. The van der Waals surface area contributed by atoms with E-state index in [0.29, 0.717) is 19.3 Å². The number of carbonyl (C=O) groups is 3. The van der Waals surface area contributed by atoms with Crippen molar-refractivity contribution < 1.29 is 28.6 Å². The molecule has 0 fully saturated rings. The highest BCUT2D eigenvalue weighted by Crippen LogP contribution is 2.18. The Bertz CT molecular complexity index is 1440. The molecular formula is C72H128O6. The molecule has 0 aliphatic rings. The second kappa shape index (κ2) is 66.4. The second-order valence-electron chi connectivity index (χ2n) is 22.7. The van der Waals surface area contributed by atoms with Gasteiger partial charge in [0.05, 0.1) is 0 Å². The summed E-state index contributed by atoms with van der Waals surface area (Å²) in [4.78, 5) is 38.4. The molecule has 0 bridgehead atoms. The van der Waals surface area contributed by atoms with Gasteiger partial charge in [0.2, 0.25) is 0 Å². The molecule has 0 amide bonds. The van der Waals surface area contributed by atoms with E-state index >= 15 is 0 Å². The van der Waals surface area contributed by atoms with E-state index in [1.165, 1.54) is 199 Å². The number of carbonyl (C=O) groups excluding carboxylic acids is 3. The van der Waals surface area contributed by atoms with Crippen LogP contribution in [0.3, 0.4) is 0 Å². The summed E-state index contributed by atoms with van der Waals surface area (Å²) >= 11 is 0. The van der Waals surface area contributed by atoms with Gasteiger partial charge in [0.1, 0.15) is 13.2 Å². The Morgan fingerprint density at radius 2 is 0.500 bits per heavy atom. The van der Waals surface area contributed by atoms with E-state index in [0.717, 1.165) is 109 Å². The van der Waals surface area contributed by atoms with Crippen molar-refractivity contribution in [2.75, 3.05) is 13.2 Å². The van der Waals surface area contributed by atoms with Crippen LogP contribution in [0.1, 0.15) is 348 Å². The fourth-order valence-electron chi connectivity index (χ4n) is 9.92. The van der Waals surface area contributed by atoms with Crippen molar-refractivity contribution in [1.29, 1.82) is 0 Å². The molecule has 452 valence electrons. The molecule has 1 atom stereocenters. The Hall–Kier alpha value is -3.15. The van der Waals surface area contributed by atoms with E-state index in [-0.39, 0.29) is 31.1 Å². The summed E-state index contributed by atoms with van der Waals surface area (Å²) in [6.07, 6.45) is 86.3. The van der Waals surface area contributed by atoms with Crippen molar-refractivity contribution in [3.05, 3.63) is 72.9 Å². The molecule has 0 N–H and O–H groups in total. The molecule has 0 aromatic rings. The van der Waals surface area contributed by atoms with Gasteiger partial charge >= 0.3 is 17.9 Å². The van der Waals surface area contributed by atoms with Gasteiger partial charge in [-0.3, -0.25) is 14.4 Å². The molecule has 0 rings (SSSR count). The number of rotatable bonds is 62. The number of hydrogen-bond donors (Lipinski definition) is 0. The van der Waals surface area contributed by atoms with Gasteiger partial charge in [-0.2, -0.15) is 0 Å². The van der Waals surface area contributed by atoms with Crippen LogP contribution in [0.15, 0.2) is 72.9 Å². The van der Waals surface area contributed by atoms with Gasteiger partial charge in [0.25, 0.3) is 0 Å². The van der Waals surface area contributed by atoms with Crippen LogP contribution in [0, 0.1) is 0 Å². The molecule has 6 nitrogen and oxygen atoms in total. The molecule has 0 spiro atoms. The lowest BCUT2D eigenvalue weighted by Crippen LogP contribution is -2.30. The van der Waals surface area contributed by atoms with Crippen LogP contribution in [-0.2, 0) is 28.6 Å². The zero-order chi connectivity index (χ0) is 56.4. The number of ether oxygens (including phenoxy) is 3. The Labute approximate surface area is 484 Å². The second-order valence-corrected chi connectivity index (χ2v) is 22.7. The van der Waals surface area contributed by atoms with Crippen LogP contribution in [0.4, 0.5) is 0 Å². The monoisotopic (exact) mass is 1090 g/mol. The molecule has 0 aromatic carbocycles. The number of allylic oxidation sites excluding steroid dienone is 12. The number of hydrogen-bond acceptors (Lipinski definition) is 6. The molecular weight excluding hydrogens is 961 g/mol. The van der Waals surface area contributed by atoms with Crippen LogP contribution in [0.25, 0.3) is 0 Å². The van der Waals surface area contributed by atoms with Crippen molar-refractivity contribution in [3.8, 4) is 0 Å². The van der Waals surface area contributed by atoms with Crippen LogP contribution < -0.4 is 0 Å². The van der Waals surface area contributed by atoms with Crippen molar-refractivity contribution in [2.45, 2.75) is 354 Å². The topological polar surface area (TPSA) is 78.9 Å². The minimum atomic E-state index is -0.785. The predicted octanol–water partition coefficient (Wildman–Crippen LogP) is 23.3. The average molecular weight is 1090 g/mol. The summed E-state index contributed by atoms with van der Waals surface area (Å²) in [6, 6.07) is 0. The maximum atomic E-state index is 12.9. The summed E-state index contributed by atoms with van der Waals surface area (Å²) in [5.41, 5.74) is 0. The minimum absolute atomic E-state index is 0.0788. The highest BCUT2D eigenvalue weighted by Gasteiger charge is 2.19. The molecule has 6 heteroatoms. The molecule has 1 unspecified atom stereocenters. The average Bonchev–Trinajstić information content (AvgIpc) is 3.44. The lowest BCUT2D eigenvalue weighted by atomic mass is 10.0. The lowest BCUT2D eigenvalue weighted by Gasteiger charge is -2.18. The van der Waals surface area contributed by atoms with Crippen molar-refractivity contribution in [2.24, 2.45) is 0 Å². The largest absolute Gasteiger partial charge is 0.462 e. The molecule has 0 radical (unpaired) electrons. The smallest absolute Gasteiger partial charge is 0.306 e. The Kier molecular flexibility index (Phi) is 63.7. The van der Waals surface area contributed by atoms with Gasteiger partial charge in [-0.05, 0) is 70.6 Å². The van der Waals surface area contributed by atoms with Gasteiger partial charge in [0.15, 0.2) is 6.10 Å². The zero-order valence-electron chi connectivity index (χ0n) is 51.9. The molecule has 0 saturated heterocycles. The first-order valence-corrected chi connectivity index (χ1v) is 33.9. The molecule has 0 aliphatic carbocycles. The third-order valence-electron chi connectivity index (χ3n) is 15.0. The maximum absolute atomic E-state index is 12.9. The third kappa shape index (κ3) is 63.7. The summed E-state index contributed by atoms with van der Waals surface area (Å²) < 4.78 is 17.0. The highest BCUT2D eigenvalue weighted by atomic mass is 16.6. The first-order chi connectivity index (χ1) is 38.5. The van der Waals surface area contributed by atoms with E-state index in [4.69, 9.17) is 14.2 Å². The van der Waals surface area contributed by atoms with E-state index in [9.17, 15) is 14.4 Å². The van der Waals surface area contributed by atoms with Crippen molar-refractivity contribution in [3.63, 3.8) is 0 Å². The Morgan fingerprint density at radius 3 is 0.782 bits per heavy atom. The standard InChI is InChI=1S/C72H128O6/c1-4-7-10-13-16-19-22-25-28-31-33-35-36-38-39-41-44-47-50-53-56-59-62-65-71(74)77-68-69(67-76-70(73)64-61-58-55-52-49-46-43-30-27-24-21-18-15-12-9-6-3)78-72(75)66-63-60-57-54-51-48-45-42-40-37-34-32-29-26-23-20-17-14-11-8-5-2/h7,10,16,19,25,28,33,35,38-39,44,47,69H,4-6,8-9,11-15,17-18,20-24,26-27,29-32,34,36-37,40-43,45-46,48-68H2,1-3H3/b10-7-,19-16-,28-25-,35-33-,39-38-,47-44-. The maximum Gasteiger partial charge on any atom is 0.306 e.